The summed E-state index contributed by atoms with van der Waals surface area (Å²) in [6.07, 6.45) is 3.25. The molecular formula is C26H29N3O4. The number of nitrogens with zero attached hydrogens (tertiary/aromatic N) is 2. The predicted molar refractivity (Wildman–Crippen MR) is 129 cm³/mol. The zero-order chi connectivity index (χ0) is 24.0. The highest BCUT2D eigenvalue weighted by Crippen LogP contribution is 2.29. The van der Waals surface area contributed by atoms with E-state index in [2.05, 4.69) is 10.4 Å². The quantitative estimate of drug-likeness (QED) is 0.381. The molecule has 0 aliphatic heterocycles. The Balaban J connectivity index is 1.69. The van der Waals surface area contributed by atoms with E-state index in [0.29, 0.717) is 29.4 Å². The Kier molecular flexibility index (Phi) is 7.66. The van der Waals surface area contributed by atoms with Crippen LogP contribution in [-0.2, 0) is 11.8 Å². The molecular weight excluding hydrogens is 418 g/mol. The Labute approximate surface area is 194 Å². The van der Waals surface area contributed by atoms with E-state index in [1.807, 2.05) is 65.1 Å². The van der Waals surface area contributed by atoms with Crippen molar-refractivity contribution in [3.8, 4) is 11.5 Å². The minimum Gasteiger partial charge on any atom is -0.490 e. The van der Waals surface area contributed by atoms with E-state index in [9.17, 15) is 9.59 Å². The van der Waals surface area contributed by atoms with Crippen LogP contribution in [-0.4, -0.2) is 34.7 Å². The van der Waals surface area contributed by atoms with Gasteiger partial charge in [0.2, 0.25) is 0 Å². The molecule has 7 heteroatoms. The number of benzene rings is 2. The Morgan fingerprint density at radius 2 is 1.82 bits per heavy atom. The highest BCUT2D eigenvalue weighted by Gasteiger charge is 2.15. The fourth-order valence-corrected chi connectivity index (χ4v) is 3.44. The molecule has 0 unspecified atom stereocenters. The summed E-state index contributed by atoms with van der Waals surface area (Å²) in [5.41, 5.74) is 4.64. The number of hydrogen-bond donors (Lipinski definition) is 1. The van der Waals surface area contributed by atoms with Crippen molar-refractivity contribution in [2.75, 3.05) is 18.5 Å². The zero-order valence-corrected chi connectivity index (χ0v) is 19.6. The number of amides is 1. The van der Waals surface area contributed by atoms with E-state index < -0.39 is 0 Å². The highest BCUT2D eigenvalue weighted by atomic mass is 16.5. The molecule has 0 saturated carbocycles. The molecule has 0 aliphatic carbocycles. The molecule has 7 nitrogen and oxygen atoms in total. The summed E-state index contributed by atoms with van der Waals surface area (Å²) in [6, 6.07) is 12.9. The van der Waals surface area contributed by atoms with Gasteiger partial charge >= 0.3 is 0 Å². The van der Waals surface area contributed by atoms with Gasteiger partial charge in [0.25, 0.3) is 5.91 Å². The molecule has 2 aromatic carbocycles. The van der Waals surface area contributed by atoms with Gasteiger partial charge in [0.15, 0.2) is 23.9 Å². The number of para-hydroxylation sites is 1. The Hall–Kier alpha value is -3.87. The van der Waals surface area contributed by atoms with Crippen molar-refractivity contribution in [2.45, 2.75) is 27.7 Å². The van der Waals surface area contributed by atoms with Crippen LogP contribution in [0.1, 0.15) is 39.8 Å². The van der Waals surface area contributed by atoms with Crippen LogP contribution in [0.4, 0.5) is 5.69 Å². The Morgan fingerprint density at radius 3 is 2.48 bits per heavy atom. The van der Waals surface area contributed by atoms with E-state index in [1.54, 1.807) is 22.9 Å². The zero-order valence-electron chi connectivity index (χ0n) is 19.6. The molecule has 0 bridgehead atoms. The van der Waals surface area contributed by atoms with E-state index in [1.165, 1.54) is 6.08 Å². The van der Waals surface area contributed by atoms with E-state index >= 15 is 0 Å². The van der Waals surface area contributed by atoms with Crippen molar-refractivity contribution < 1.29 is 19.1 Å². The number of aryl methyl sites for hydroxylation is 3. The number of carbonyl (C=O) groups is 2. The molecule has 33 heavy (non-hydrogen) atoms. The van der Waals surface area contributed by atoms with E-state index in [0.717, 1.165) is 22.5 Å². The van der Waals surface area contributed by atoms with Crippen LogP contribution in [0.5, 0.6) is 11.5 Å². The predicted octanol–water partition coefficient (Wildman–Crippen LogP) is 4.66. The van der Waals surface area contributed by atoms with Crippen molar-refractivity contribution in [1.29, 1.82) is 0 Å². The molecule has 0 saturated heterocycles. The lowest BCUT2D eigenvalue weighted by Gasteiger charge is -2.13. The van der Waals surface area contributed by atoms with Crippen molar-refractivity contribution in [2.24, 2.45) is 7.05 Å². The smallest absolute Gasteiger partial charge is 0.262 e. The summed E-state index contributed by atoms with van der Waals surface area (Å²) >= 11 is 0. The van der Waals surface area contributed by atoms with Gasteiger partial charge < -0.3 is 14.8 Å². The van der Waals surface area contributed by atoms with Crippen LogP contribution in [0.15, 0.2) is 48.5 Å². The SMILES string of the molecule is CCOc1cc(/C=C/C(=O)c2c(C)nn(C)c2C)ccc1OCC(=O)Nc1ccccc1C. The first-order valence-corrected chi connectivity index (χ1v) is 10.8. The monoisotopic (exact) mass is 447 g/mol. The number of carbonyl (C=O) groups excluding carboxylic acids is 2. The Morgan fingerprint density at radius 1 is 1.06 bits per heavy atom. The fraction of sp³-hybridized carbons (Fsp3) is 0.269. The molecule has 0 fully saturated rings. The average Bonchev–Trinajstić information content (AvgIpc) is 3.04. The molecule has 172 valence electrons. The molecule has 1 N–H and O–H groups in total. The van der Waals surface area contributed by atoms with Crippen LogP contribution in [0, 0.1) is 20.8 Å². The van der Waals surface area contributed by atoms with Gasteiger partial charge in [-0.3, -0.25) is 14.3 Å². The van der Waals surface area contributed by atoms with Gasteiger partial charge in [-0.15, -0.1) is 0 Å². The molecule has 1 aromatic heterocycles. The van der Waals surface area contributed by atoms with Crippen LogP contribution in [0.3, 0.4) is 0 Å². The van der Waals surface area contributed by atoms with Crippen LogP contribution in [0.25, 0.3) is 6.08 Å². The van der Waals surface area contributed by atoms with Crippen molar-refractivity contribution >= 4 is 23.5 Å². The van der Waals surface area contributed by atoms with Gasteiger partial charge in [0.05, 0.1) is 17.9 Å². The molecule has 1 heterocycles. The first-order valence-electron chi connectivity index (χ1n) is 10.8. The second-order valence-corrected chi connectivity index (χ2v) is 7.66. The normalized spacial score (nSPS) is 10.9. The number of rotatable bonds is 9. The summed E-state index contributed by atoms with van der Waals surface area (Å²) in [5, 5.41) is 7.14. The molecule has 0 aliphatic rings. The highest BCUT2D eigenvalue weighted by molar-refractivity contribution is 6.08. The molecule has 0 radical (unpaired) electrons. The average molecular weight is 448 g/mol. The maximum atomic E-state index is 12.7. The van der Waals surface area contributed by atoms with Gasteiger partial charge in [0.1, 0.15) is 0 Å². The first-order chi connectivity index (χ1) is 15.8. The number of aromatic nitrogens is 2. The van der Waals surface area contributed by atoms with Gasteiger partial charge in [-0.25, -0.2) is 0 Å². The number of ether oxygens (including phenoxy) is 2. The van der Waals surface area contributed by atoms with Crippen molar-refractivity contribution in [3.05, 3.63) is 76.6 Å². The lowest BCUT2D eigenvalue weighted by atomic mass is 10.1. The molecule has 0 spiro atoms. The van der Waals surface area contributed by atoms with Crippen LogP contribution >= 0.6 is 0 Å². The summed E-state index contributed by atoms with van der Waals surface area (Å²) in [4.78, 5) is 25.0. The topological polar surface area (TPSA) is 82.4 Å². The lowest BCUT2D eigenvalue weighted by Crippen LogP contribution is -2.20. The third-order valence-corrected chi connectivity index (χ3v) is 5.23. The summed E-state index contributed by atoms with van der Waals surface area (Å²) in [7, 11) is 1.82. The summed E-state index contributed by atoms with van der Waals surface area (Å²) in [5.74, 6) is 0.594. The third-order valence-electron chi connectivity index (χ3n) is 5.23. The van der Waals surface area contributed by atoms with Gasteiger partial charge in [-0.1, -0.05) is 30.3 Å². The second-order valence-electron chi connectivity index (χ2n) is 7.66. The molecule has 0 atom stereocenters. The van der Waals surface area contributed by atoms with Crippen LogP contribution < -0.4 is 14.8 Å². The largest absolute Gasteiger partial charge is 0.490 e. The van der Waals surface area contributed by atoms with Crippen LogP contribution in [0.2, 0.25) is 0 Å². The molecule has 3 rings (SSSR count). The number of hydrogen-bond acceptors (Lipinski definition) is 5. The van der Waals surface area contributed by atoms with Gasteiger partial charge in [0, 0.05) is 18.4 Å². The number of anilines is 1. The van der Waals surface area contributed by atoms with E-state index in [-0.39, 0.29) is 18.3 Å². The maximum absolute atomic E-state index is 12.7. The second kappa shape index (κ2) is 10.6. The Bertz CT molecular complexity index is 1190. The van der Waals surface area contributed by atoms with Gasteiger partial charge in [-0.05, 0) is 63.1 Å². The minimum atomic E-state index is -0.261. The number of nitrogens with one attached hydrogen (secondary N) is 1. The van der Waals surface area contributed by atoms with E-state index in [4.69, 9.17) is 9.47 Å². The fourth-order valence-electron chi connectivity index (χ4n) is 3.44. The maximum Gasteiger partial charge on any atom is 0.262 e. The number of allylic oxidation sites excluding steroid dienone is 1. The first kappa shape index (κ1) is 23.8. The molecule has 3 aromatic rings. The van der Waals surface area contributed by atoms with Gasteiger partial charge in [-0.2, -0.15) is 5.10 Å². The standard InChI is InChI=1S/C26H29N3O4/c1-6-32-24-15-20(11-13-22(30)26-18(3)28-29(5)19(26)4)12-14-23(24)33-16-25(31)27-21-10-8-7-9-17(21)2/h7-15H,6,16H2,1-5H3,(H,27,31)/b13-11+. The third kappa shape index (κ3) is 5.88. The molecule has 1 amide bonds. The summed E-state index contributed by atoms with van der Waals surface area (Å²) in [6.45, 7) is 7.78. The number of ketones is 1. The minimum absolute atomic E-state index is 0.107. The lowest BCUT2D eigenvalue weighted by molar-refractivity contribution is -0.118. The summed E-state index contributed by atoms with van der Waals surface area (Å²) < 4.78 is 13.1. The van der Waals surface area contributed by atoms with Crippen molar-refractivity contribution in [3.63, 3.8) is 0 Å². The van der Waals surface area contributed by atoms with Crippen molar-refractivity contribution in [1.82, 2.24) is 9.78 Å².